The quantitative estimate of drug-likeness (QED) is 0.0696. The predicted molar refractivity (Wildman–Crippen MR) is 176 cm³/mol. The molecule has 0 saturated carbocycles. The molecule has 53 heavy (non-hydrogen) atoms. The Labute approximate surface area is 295 Å². The van der Waals surface area contributed by atoms with Gasteiger partial charge >= 0.3 is 12.5 Å². The van der Waals surface area contributed by atoms with Crippen LogP contribution in [0.2, 0.25) is 0 Å². The van der Waals surface area contributed by atoms with Crippen LogP contribution in [0.15, 0.2) is 51.3 Å². The van der Waals surface area contributed by atoms with Gasteiger partial charge in [0.1, 0.15) is 28.7 Å². The molecule has 2 aromatic carbocycles. The van der Waals surface area contributed by atoms with Crippen LogP contribution in [0.3, 0.4) is 0 Å². The molecule has 3 atom stereocenters. The maximum absolute atomic E-state index is 13.8. The highest BCUT2D eigenvalue weighted by molar-refractivity contribution is 6.17. The lowest BCUT2D eigenvalue weighted by molar-refractivity contribution is -0.275. The SMILES string of the molecule is CC(N)=NC(=O)C1(C)OC/C1=N/NC(C)c1ccc(OC(F)(F)F)c(F)c1.Cc1nc(NC(C)c2ccc(C(F)(F)F)c(F)c2)c(C(=N)CO)c(=O)[nH]1. The minimum atomic E-state index is -4.98. The first-order valence-electron chi connectivity index (χ1n) is 15.3. The summed E-state index contributed by atoms with van der Waals surface area (Å²) in [6.07, 6.45) is -9.78. The summed E-state index contributed by atoms with van der Waals surface area (Å²) < 4.78 is 111. The second-order valence-electron chi connectivity index (χ2n) is 11.6. The lowest BCUT2D eigenvalue weighted by atomic mass is 9.94. The Morgan fingerprint density at radius 2 is 1.72 bits per heavy atom. The van der Waals surface area contributed by atoms with Crippen LogP contribution in [0.1, 0.15) is 67.9 Å². The lowest BCUT2D eigenvalue weighted by Crippen LogP contribution is -2.58. The average Bonchev–Trinajstić information content (AvgIpc) is 3.02. The molecule has 2 heterocycles. The van der Waals surface area contributed by atoms with Crippen molar-refractivity contribution in [3.05, 3.63) is 86.5 Å². The standard InChI is InChI=1S/C16H18F4N4O3.C16H16F4N4O2/c1-8(10-4-5-12(11(17)6-10)27-16(18,19)20)23-24-13-7-26-15(13,3)14(25)22-9(2)21;1-7(9-3-4-10(11(17)5-9)16(18,19)20)22-14-13(12(21)6-25)15(26)24-8(2)23-14/h4-6,8,23H,7H2,1-3H3,(H2,21,22,25);3-5,7,21,25H,6H2,1-2H3,(H2,22,23,24,26)/b24-13-;. The van der Waals surface area contributed by atoms with Gasteiger partial charge in [-0.05, 0) is 70.0 Å². The van der Waals surface area contributed by atoms with Gasteiger partial charge in [-0.3, -0.25) is 9.59 Å². The smallest absolute Gasteiger partial charge is 0.403 e. The van der Waals surface area contributed by atoms with Crippen LogP contribution < -0.4 is 26.8 Å². The van der Waals surface area contributed by atoms with Crippen LogP contribution in [0.25, 0.3) is 0 Å². The van der Waals surface area contributed by atoms with Gasteiger partial charge in [0.05, 0.1) is 42.4 Å². The molecule has 0 aliphatic carbocycles. The van der Waals surface area contributed by atoms with Crippen molar-refractivity contribution < 1.29 is 54.5 Å². The van der Waals surface area contributed by atoms with Crippen molar-refractivity contribution in [3.63, 3.8) is 0 Å². The van der Waals surface area contributed by atoms with Gasteiger partial charge in [0.15, 0.2) is 17.2 Å². The number of nitrogens with two attached hydrogens (primary N) is 1. The Morgan fingerprint density at radius 1 is 1.11 bits per heavy atom. The molecule has 1 saturated heterocycles. The monoisotopic (exact) mass is 762 g/mol. The number of carbonyl (C=O) groups is 1. The van der Waals surface area contributed by atoms with Gasteiger partial charge in [-0.25, -0.2) is 13.8 Å². The summed E-state index contributed by atoms with van der Waals surface area (Å²) in [6, 6.07) is 4.27. The minimum absolute atomic E-state index is 0.0295. The Morgan fingerprint density at radius 3 is 2.23 bits per heavy atom. The van der Waals surface area contributed by atoms with E-state index in [0.717, 1.165) is 24.3 Å². The first-order valence-corrected chi connectivity index (χ1v) is 15.3. The predicted octanol–water partition coefficient (Wildman–Crippen LogP) is 5.19. The van der Waals surface area contributed by atoms with E-state index in [9.17, 15) is 44.7 Å². The van der Waals surface area contributed by atoms with Crippen LogP contribution in [-0.2, 0) is 15.7 Å². The van der Waals surface area contributed by atoms with E-state index in [1.54, 1.807) is 6.92 Å². The molecule has 1 fully saturated rings. The van der Waals surface area contributed by atoms with Gasteiger partial charge in [0.25, 0.3) is 11.5 Å². The number of aryl methyl sites for hydroxylation is 1. The number of H-pyrrole nitrogens is 1. The van der Waals surface area contributed by atoms with Crippen LogP contribution >= 0.6 is 0 Å². The Kier molecular flexibility index (Phi) is 13.1. The number of amides is 1. The number of aromatic amines is 1. The second-order valence-corrected chi connectivity index (χ2v) is 11.6. The molecule has 3 unspecified atom stereocenters. The van der Waals surface area contributed by atoms with Gasteiger partial charge in [-0.15, -0.1) is 13.2 Å². The van der Waals surface area contributed by atoms with E-state index in [1.165, 1.54) is 33.8 Å². The fraction of sp³-hybridized carbons (Fsp3) is 0.375. The molecule has 3 aromatic rings. The normalized spacial score (nSPS) is 17.9. The lowest BCUT2D eigenvalue weighted by Gasteiger charge is -2.37. The third-order valence-corrected chi connectivity index (χ3v) is 7.46. The molecular formula is C32H34F8N8O5. The fourth-order valence-corrected chi connectivity index (χ4v) is 4.56. The molecule has 1 aliphatic rings. The molecule has 0 bridgehead atoms. The molecule has 1 amide bonds. The highest BCUT2D eigenvalue weighted by atomic mass is 19.4. The van der Waals surface area contributed by atoms with Crippen molar-refractivity contribution in [3.8, 4) is 5.75 Å². The number of rotatable bonds is 10. The number of alkyl halides is 6. The number of benzene rings is 2. The number of aliphatic imine (C=N–C) groups is 1. The van der Waals surface area contributed by atoms with Crippen molar-refractivity contribution >= 4 is 29.0 Å². The Bertz CT molecular complexity index is 1960. The summed E-state index contributed by atoms with van der Waals surface area (Å²) in [5.74, 6) is -3.83. The summed E-state index contributed by atoms with van der Waals surface area (Å²) >= 11 is 0. The molecule has 21 heteroatoms. The number of hydrogen-bond acceptors (Lipinski definition) is 10. The zero-order valence-electron chi connectivity index (χ0n) is 28.6. The number of halogens is 8. The highest BCUT2D eigenvalue weighted by Gasteiger charge is 2.48. The summed E-state index contributed by atoms with van der Waals surface area (Å²) in [4.78, 5) is 34.1. The van der Waals surface area contributed by atoms with Gasteiger partial charge in [-0.2, -0.15) is 23.3 Å². The van der Waals surface area contributed by atoms with Gasteiger partial charge in [0.2, 0.25) is 0 Å². The number of hydrazone groups is 1. The van der Waals surface area contributed by atoms with Crippen LogP contribution in [0.4, 0.5) is 40.9 Å². The van der Waals surface area contributed by atoms with Crippen molar-refractivity contribution in [2.75, 3.05) is 18.5 Å². The summed E-state index contributed by atoms with van der Waals surface area (Å²) in [5.41, 5.74) is 5.02. The summed E-state index contributed by atoms with van der Waals surface area (Å²) in [7, 11) is 0. The number of aliphatic hydroxyl groups excluding tert-OH is 1. The molecular weight excluding hydrogens is 728 g/mol. The van der Waals surface area contributed by atoms with E-state index in [0.29, 0.717) is 17.3 Å². The van der Waals surface area contributed by atoms with Crippen LogP contribution in [-0.4, -0.2) is 63.4 Å². The number of hydrogen-bond donors (Lipinski definition) is 6. The number of amidine groups is 1. The van der Waals surface area contributed by atoms with Crippen molar-refractivity contribution in [1.29, 1.82) is 5.41 Å². The van der Waals surface area contributed by atoms with E-state index in [2.05, 4.69) is 35.5 Å². The van der Waals surface area contributed by atoms with Crippen LogP contribution in [0.5, 0.6) is 5.75 Å². The molecule has 1 aromatic heterocycles. The number of anilines is 1. The number of aliphatic hydroxyl groups is 1. The maximum atomic E-state index is 13.8. The molecule has 13 nitrogen and oxygen atoms in total. The van der Waals surface area contributed by atoms with Gasteiger partial charge in [0, 0.05) is 0 Å². The highest BCUT2D eigenvalue weighted by Crippen LogP contribution is 2.33. The number of nitrogens with zero attached hydrogens (tertiary/aromatic N) is 3. The van der Waals surface area contributed by atoms with E-state index >= 15 is 0 Å². The molecule has 0 spiro atoms. The van der Waals surface area contributed by atoms with E-state index in [1.807, 2.05) is 0 Å². The second kappa shape index (κ2) is 16.5. The zero-order chi connectivity index (χ0) is 40.1. The fourth-order valence-electron chi connectivity index (χ4n) is 4.56. The zero-order valence-corrected chi connectivity index (χ0v) is 28.6. The largest absolute Gasteiger partial charge is 0.573 e. The minimum Gasteiger partial charge on any atom is -0.403 e. The van der Waals surface area contributed by atoms with E-state index < -0.39 is 71.2 Å². The van der Waals surface area contributed by atoms with Crippen LogP contribution in [0, 0.1) is 24.0 Å². The molecule has 7 N–H and O–H groups in total. The number of ether oxygens (including phenoxy) is 2. The number of carbonyl (C=O) groups excluding carboxylic acids is 1. The molecule has 4 rings (SSSR count). The Hall–Kier alpha value is -5.44. The topological polar surface area (TPSA) is 200 Å². The third kappa shape index (κ3) is 10.8. The number of aromatic nitrogens is 2. The van der Waals surface area contributed by atoms with E-state index in [4.69, 9.17) is 21.0 Å². The molecule has 1 aliphatic heterocycles. The first-order chi connectivity index (χ1) is 24.5. The Balaban J connectivity index is 0.000000286. The van der Waals surface area contributed by atoms with Crippen molar-refractivity contribution in [1.82, 2.24) is 15.4 Å². The third-order valence-electron chi connectivity index (χ3n) is 7.46. The summed E-state index contributed by atoms with van der Waals surface area (Å²) in [6.45, 7) is 6.98. The van der Waals surface area contributed by atoms with E-state index in [-0.39, 0.29) is 40.9 Å². The van der Waals surface area contributed by atoms with Crippen molar-refractivity contribution in [2.45, 2.75) is 64.8 Å². The average molecular weight is 763 g/mol. The number of nitrogens with one attached hydrogen (secondary N) is 4. The van der Waals surface area contributed by atoms with Gasteiger partial charge < -0.3 is 41.4 Å². The van der Waals surface area contributed by atoms with Crippen molar-refractivity contribution in [2.24, 2.45) is 15.8 Å². The molecule has 0 radical (unpaired) electrons. The maximum Gasteiger partial charge on any atom is 0.573 e. The molecule has 288 valence electrons. The van der Waals surface area contributed by atoms with Gasteiger partial charge in [-0.1, -0.05) is 12.1 Å². The first kappa shape index (κ1) is 42.0. The summed E-state index contributed by atoms with van der Waals surface area (Å²) in [5, 5.41) is 23.6.